The van der Waals surface area contributed by atoms with Crippen molar-refractivity contribution in [3.63, 3.8) is 0 Å². The number of nitrogens with two attached hydrogens (primary N) is 2. The summed E-state index contributed by atoms with van der Waals surface area (Å²) in [6.07, 6.45) is -4.05. The Morgan fingerprint density at radius 2 is 1.88 bits per heavy atom. The van der Waals surface area contributed by atoms with Crippen LogP contribution < -0.4 is 32.0 Å². The van der Waals surface area contributed by atoms with Crippen molar-refractivity contribution in [1.82, 2.24) is 29.0 Å². The largest absolute Gasteiger partial charge is 0.398 e. The zero-order valence-corrected chi connectivity index (χ0v) is 22.3. The molecule has 1 aliphatic rings. The van der Waals surface area contributed by atoms with Crippen LogP contribution in [0.15, 0.2) is 54.9 Å². The number of aromatic nitrogens is 4. The van der Waals surface area contributed by atoms with E-state index in [2.05, 4.69) is 30.7 Å². The van der Waals surface area contributed by atoms with Gasteiger partial charge in [0.25, 0.3) is 5.91 Å². The number of para-hydroxylation sites is 1. The number of fused-ring (bicyclic) bond motifs is 1. The molecule has 0 saturated carbocycles. The van der Waals surface area contributed by atoms with Crippen LogP contribution in [0, 0.1) is 0 Å². The Morgan fingerprint density at radius 1 is 1.10 bits per heavy atom. The van der Waals surface area contributed by atoms with E-state index in [-0.39, 0.29) is 34.2 Å². The van der Waals surface area contributed by atoms with Gasteiger partial charge in [0.15, 0.2) is 17.7 Å². The summed E-state index contributed by atoms with van der Waals surface area (Å²) >= 11 is 0. The highest BCUT2D eigenvalue weighted by Crippen LogP contribution is 2.32. The minimum Gasteiger partial charge on any atom is -0.398 e. The minimum absolute atomic E-state index is 0.0253. The molecule has 0 bridgehead atoms. The van der Waals surface area contributed by atoms with Crippen LogP contribution in [-0.4, -0.2) is 68.9 Å². The Kier molecular flexibility index (Phi) is 7.72. The molecule has 4 unspecified atom stereocenters. The van der Waals surface area contributed by atoms with Gasteiger partial charge in [0.2, 0.25) is 5.95 Å². The van der Waals surface area contributed by atoms with Gasteiger partial charge in [-0.05, 0) is 24.3 Å². The molecule has 2 aromatic heterocycles. The summed E-state index contributed by atoms with van der Waals surface area (Å²) in [5.41, 5.74) is 17.9. The number of hydrogen-bond donors (Lipinski definition) is 8. The molecular weight excluding hydrogens is 556 g/mol. The third kappa shape index (κ3) is 5.89. The van der Waals surface area contributed by atoms with Crippen molar-refractivity contribution in [2.24, 2.45) is 0 Å². The van der Waals surface area contributed by atoms with E-state index in [9.17, 15) is 23.4 Å². The number of nitrogens with one attached hydrogen (secondary N) is 3. The lowest BCUT2D eigenvalue weighted by molar-refractivity contribution is -0.386. The molecule has 216 valence electrons. The van der Waals surface area contributed by atoms with Crippen LogP contribution in [0.3, 0.4) is 0 Å². The molecule has 12 N–H and O–H groups in total. The van der Waals surface area contributed by atoms with Crippen molar-refractivity contribution in [3.05, 3.63) is 66.0 Å². The van der Waals surface area contributed by atoms with Gasteiger partial charge in [-0.3, -0.25) is 9.36 Å². The first kappa shape index (κ1) is 28.1. The molecule has 2 aromatic carbocycles. The predicted molar refractivity (Wildman–Crippen MR) is 147 cm³/mol. The summed E-state index contributed by atoms with van der Waals surface area (Å²) < 4.78 is 36.1. The van der Waals surface area contributed by atoms with Gasteiger partial charge in [0.1, 0.15) is 23.8 Å². The molecule has 5 rings (SSSR count). The highest BCUT2D eigenvalue weighted by atomic mass is 32.2. The molecule has 1 amide bonds. The smallest absolute Gasteiger partial charge is 0.301 e. The van der Waals surface area contributed by atoms with E-state index in [1.807, 2.05) is 29.0 Å². The molecule has 4 atom stereocenters. The summed E-state index contributed by atoms with van der Waals surface area (Å²) in [7, 11) is -4.37. The molecular formula is C24H29N10O6S+. The van der Waals surface area contributed by atoms with E-state index in [0.29, 0.717) is 12.2 Å². The first-order chi connectivity index (χ1) is 19.6. The van der Waals surface area contributed by atoms with Gasteiger partial charge in [-0.1, -0.05) is 24.3 Å². The first-order valence-corrected chi connectivity index (χ1v) is 13.9. The van der Waals surface area contributed by atoms with Crippen LogP contribution >= 0.6 is 0 Å². The lowest BCUT2D eigenvalue weighted by atomic mass is 10.1. The Balaban J connectivity index is 1.31. The van der Waals surface area contributed by atoms with Gasteiger partial charge >= 0.3 is 10.2 Å². The van der Waals surface area contributed by atoms with Gasteiger partial charge in [-0.25, -0.2) is 9.71 Å². The number of aliphatic hydroxyl groups is 2. The molecule has 0 spiro atoms. The van der Waals surface area contributed by atoms with Crippen LogP contribution in [0.2, 0.25) is 0 Å². The molecule has 0 radical (unpaired) electrons. The standard InChI is InChI=1S/C24H28N10O6S/c25-9-12-4-3-5-13(8-12)30-24-31-20(27)17-21(32-24)34(11-28-17)23-19(36)18(35)16(40-23)10-29-41(38,39)33-22(37)14-6-1-2-7-15(14)26/h1-8,11,16,18-19,23,29,35-36H,9-10,25-26H2,(H,33,37)(H3,27,30,31,32)/p+1. The fourth-order valence-corrected chi connectivity index (χ4v) is 5.16. The van der Waals surface area contributed by atoms with Crippen LogP contribution in [0.5, 0.6) is 0 Å². The number of carbonyl (C=O) groups is 1. The molecule has 0 aliphatic carbocycles. The Bertz CT molecular complexity index is 1700. The average Bonchev–Trinajstić information content (AvgIpc) is 3.48. The number of quaternary nitrogens is 1. The molecule has 17 heteroatoms. The summed E-state index contributed by atoms with van der Waals surface area (Å²) in [5.74, 6) is -0.715. The van der Waals surface area contributed by atoms with Gasteiger partial charge < -0.3 is 37.5 Å². The summed E-state index contributed by atoms with van der Waals surface area (Å²) in [6.45, 7) is 0.121. The lowest BCUT2D eigenvalue weighted by Gasteiger charge is -2.17. The second kappa shape index (κ2) is 11.2. The Hall–Kier alpha value is -4.39. The quantitative estimate of drug-likeness (QED) is 0.103. The fraction of sp³-hybridized carbons (Fsp3) is 0.250. The van der Waals surface area contributed by atoms with Crippen molar-refractivity contribution in [2.75, 3.05) is 23.3 Å². The number of amides is 1. The van der Waals surface area contributed by atoms with Gasteiger partial charge in [-0.15, -0.1) is 0 Å². The molecule has 1 fully saturated rings. The number of nitrogens with zero attached hydrogens (tertiary/aromatic N) is 4. The number of carbonyl (C=O) groups excluding carboxylic acids is 1. The van der Waals surface area contributed by atoms with Crippen LogP contribution in [0.1, 0.15) is 22.1 Å². The number of benzene rings is 2. The number of hydrogen-bond acceptors (Lipinski definition) is 12. The van der Waals surface area contributed by atoms with E-state index < -0.39 is 47.2 Å². The number of ether oxygens (including phenoxy) is 1. The number of anilines is 4. The number of aliphatic hydroxyl groups excluding tert-OH is 2. The molecule has 1 aliphatic heterocycles. The summed E-state index contributed by atoms with van der Waals surface area (Å²) in [5, 5.41) is 24.5. The zero-order chi connectivity index (χ0) is 29.3. The van der Waals surface area contributed by atoms with E-state index in [1.54, 1.807) is 6.07 Å². The van der Waals surface area contributed by atoms with Crippen LogP contribution in [0.25, 0.3) is 11.2 Å². The maximum Gasteiger partial charge on any atom is 0.301 e. The minimum atomic E-state index is -4.37. The molecule has 4 aromatic rings. The van der Waals surface area contributed by atoms with E-state index in [1.165, 1.54) is 29.1 Å². The molecule has 16 nitrogen and oxygen atoms in total. The molecule has 41 heavy (non-hydrogen) atoms. The topological polar surface area (TPSA) is 260 Å². The van der Waals surface area contributed by atoms with E-state index in [4.69, 9.17) is 16.2 Å². The van der Waals surface area contributed by atoms with Crippen molar-refractivity contribution < 1.29 is 33.9 Å². The average molecular weight is 586 g/mol. The number of rotatable bonds is 9. The van der Waals surface area contributed by atoms with Gasteiger partial charge in [-0.2, -0.15) is 23.1 Å². The monoisotopic (exact) mass is 585 g/mol. The SMILES string of the molecule is Nc1ccccc1C(=O)NS(=O)(=O)NCC1OC(n2cnc3c(N)nc(Nc4cccc(C[NH3+])c4)nc32)C(O)C1O. The van der Waals surface area contributed by atoms with Crippen LogP contribution in [-0.2, 0) is 21.5 Å². The lowest BCUT2D eigenvalue weighted by Crippen LogP contribution is -2.47. The van der Waals surface area contributed by atoms with Crippen molar-refractivity contribution in [2.45, 2.75) is 31.1 Å². The second-order valence-electron chi connectivity index (χ2n) is 9.25. The van der Waals surface area contributed by atoms with E-state index in [0.717, 1.165) is 5.56 Å². The predicted octanol–water partition coefficient (Wildman–Crippen LogP) is -1.64. The van der Waals surface area contributed by atoms with Gasteiger partial charge in [0, 0.05) is 23.5 Å². The highest BCUT2D eigenvalue weighted by molar-refractivity contribution is 7.88. The van der Waals surface area contributed by atoms with Crippen LogP contribution in [0.4, 0.5) is 23.1 Å². The number of imidazole rings is 1. The highest BCUT2D eigenvalue weighted by Gasteiger charge is 2.44. The van der Waals surface area contributed by atoms with Gasteiger partial charge in [0.05, 0.1) is 18.4 Å². The molecule has 1 saturated heterocycles. The van der Waals surface area contributed by atoms with Crippen molar-refractivity contribution >= 4 is 50.4 Å². The normalized spacial score (nSPS) is 20.8. The maximum atomic E-state index is 12.5. The second-order valence-corrected chi connectivity index (χ2v) is 10.7. The maximum absolute atomic E-state index is 12.5. The van der Waals surface area contributed by atoms with Crippen molar-refractivity contribution in [3.8, 4) is 0 Å². The molecule has 3 heterocycles. The third-order valence-electron chi connectivity index (χ3n) is 6.44. The van der Waals surface area contributed by atoms with E-state index >= 15 is 0 Å². The Morgan fingerprint density at radius 3 is 2.63 bits per heavy atom. The Labute approximate surface area is 233 Å². The third-order valence-corrected chi connectivity index (χ3v) is 7.44. The zero-order valence-electron chi connectivity index (χ0n) is 21.5. The number of nitrogen functional groups attached to an aromatic ring is 2. The summed E-state index contributed by atoms with van der Waals surface area (Å²) in [4.78, 5) is 25.3. The van der Waals surface area contributed by atoms with Crippen molar-refractivity contribution in [1.29, 1.82) is 0 Å². The first-order valence-electron chi connectivity index (χ1n) is 12.4. The fourth-order valence-electron chi connectivity index (χ4n) is 4.35. The summed E-state index contributed by atoms with van der Waals surface area (Å²) in [6, 6.07) is 13.5.